The summed E-state index contributed by atoms with van der Waals surface area (Å²) in [6, 6.07) is 14.7. The predicted octanol–water partition coefficient (Wildman–Crippen LogP) is 3.09. The molecule has 28 heavy (non-hydrogen) atoms. The van der Waals surface area contributed by atoms with Gasteiger partial charge in [-0.15, -0.1) is 0 Å². The van der Waals surface area contributed by atoms with E-state index in [0.29, 0.717) is 11.3 Å². The molecule has 0 aromatic heterocycles. The Balaban J connectivity index is 1.91. The highest BCUT2D eigenvalue weighted by atomic mass is 16.6. The topological polar surface area (TPSA) is 108 Å². The quantitative estimate of drug-likeness (QED) is 0.391. The third kappa shape index (κ3) is 6.75. The number of nitrogen functional groups attached to an aromatic ring is 1. The summed E-state index contributed by atoms with van der Waals surface area (Å²) in [6.45, 7) is 1.91. The second-order valence-corrected chi connectivity index (χ2v) is 6.09. The monoisotopic (exact) mass is 384 g/mol. The molecule has 0 bridgehead atoms. The molecule has 1 atom stereocenters. The number of carbonyl (C=O) groups excluding carboxylic acids is 3. The molecule has 2 rings (SSSR count). The minimum atomic E-state index is -0.971. The number of ether oxygens (including phenoxy) is 2. The SMILES string of the molecule is CCOC(=O)C(CCC(=O)c1ccc(N)cc1)NC(=O)OCc1ccccc1. The van der Waals surface area contributed by atoms with Crippen LogP contribution in [0.2, 0.25) is 0 Å². The molecule has 0 spiro atoms. The first kappa shape index (κ1) is 21.0. The number of amides is 1. The van der Waals surface area contributed by atoms with Gasteiger partial charge in [0, 0.05) is 17.7 Å². The first-order valence-corrected chi connectivity index (χ1v) is 9.02. The Bertz CT molecular complexity index is 790. The van der Waals surface area contributed by atoms with Crippen molar-refractivity contribution in [3.05, 3.63) is 65.7 Å². The minimum Gasteiger partial charge on any atom is -0.464 e. The van der Waals surface area contributed by atoms with E-state index in [-0.39, 0.29) is 31.8 Å². The second kappa shape index (κ2) is 10.7. The number of alkyl carbamates (subject to hydrolysis) is 1. The number of hydrogen-bond acceptors (Lipinski definition) is 6. The summed E-state index contributed by atoms with van der Waals surface area (Å²) in [7, 11) is 0. The molecular formula is C21H24N2O5. The van der Waals surface area contributed by atoms with Crippen LogP contribution in [0.1, 0.15) is 35.7 Å². The highest BCUT2D eigenvalue weighted by Gasteiger charge is 2.24. The molecule has 1 unspecified atom stereocenters. The van der Waals surface area contributed by atoms with Crippen molar-refractivity contribution in [2.75, 3.05) is 12.3 Å². The van der Waals surface area contributed by atoms with E-state index in [1.54, 1.807) is 31.2 Å². The van der Waals surface area contributed by atoms with Crippen molar-refractivity contribution in [3.63, 3.8) is 0 Å². The lowest BCUT2D eigenvalue weighted by Gasteiger charge is -2.17. The van der Waals surface area contributed by atoms with E-state index in [2.05, 4.69) is 5.32 Å². The van der Waals surface area contributed by atoms with Crippen LogP contribution in [0.3, 0.4) is 0 Å². The summed E-state index contributed by atoms with van der Waals surface area (Å²) in [5.41, 5.74) is 7.48. The number of Topliss-reactive ketones (excluding diaryl/α,β-unsaturated/α-hetero) is 1. The minimum absolute atomic E-state index is 0.0619. The molecule has 0 saturated carbocycles. The van der Waals surface area contributed by atoms with E-state index in [1.807, 2.05) is 30.3 Å². The molecule has 148 valence electrons. The van der Waals surface area contributed by atoms with Crippen LogP contribution in [0, 0.1) is 0 Å². The van der Waals surface area contributed by atoms with E-state index >= 15 is 0 Å². The standard InChI is InChI=1S/C21H24N2O5/c1-2-27-20(25)18(12-13-19(24)16-8-10-17(22)11-9-16)23-21(26)28-14-15-6-4-3-5-7-15/h3-11,18H,2,12-14,22H2,1H3,(H,23,26). The van der Waals surface area contributed by atoms with E-state index in [0.717, 1.165) is 5.56 Å². The molecule has 7 nitrogen and oxygen atoms in total. The zero-order chi connectivity index (χ0) is 20.4. The molecule has 0 aliphatic rings. The van der Waals surface area contributed by atoms with Crippen LogP contribution in [0.25, 0.3) is 0 Å². The van der Waals surface area contributed by atoms with Gasteiger partial charge in [-0.05, 0) is 43.2 Å². The highest BCUT2D eigenvalue weighted by molar-refractivity contribution is 5.96. The van der Waals surface area contributed by atoms with Gasteiger partial charge >= 0.3 is 12.1 Å². The predicted molar refractivity (Wildman–Crippen MR) is 105 cm³/mol. The molecule has 7 heteroatoms. The summed E-state index contributed by atoms with van der Waals surface area (Å²) in [6.07, 6.45) is -0.587. The van der Waals surface area contributed by atoms with Crippen LogP contribution in [0.15, 0.2) is 54.6 Å². The van der Waals surface area contributed by atoms with E-state index in [1.165, 1.54) is 0 Å². The Morgan fingerprint density at radius 1 is 1.00 bits per heavy atom. The first-order valence-electron chi connectivity index (χ1n) is 9.02. The molecule has 0 heterocycles. The number of nitrogens with two attached hydrogens (primary N) is 1. The van der Waals surface area contributed by atoms with Crippen LogP contribution in [0.5, 0.6) is 0 Å². The lowest BCUT2D eigenvalue weighted by atomic mass is 10.0. The van der Waals surface area contributed by atoms with Gasteiger partial charge in [-0.2, -0.15) is 0 Å². The van der Waals surface area contributed by atoms with Gasteiger partial charge in [-0.3, -0.25) is 4.79 Å². The molecule has 0 aliphatic carbocycles. The van der Waals surface area contributed by atoms with Crippen LogP contribution >= 0.6 is 0 Å². The van der Waals surface area contributed by atoms with Crippen LogP contribution < -0.4 is 11.1 Å². The van der Waals surface area contributed by atoms with Gasteiger partial charge in [0.15, 0.2) is 5.78 Å². The molecule has 2 aromatic rings. The van der Waals surface area contributed by atoms with Crippen LogP contribution in [0.4, 0.5) is 10.5 Å². The zero-order valence-electron chi connectivity index (χ0n) is 15.7. The first-order chi connectivity index (χ1) is 13.5. The van der Waals surface area contributed by atoms with Gasteiger partial charge < -0.3 is 20.5 Å². The third-order valence-corrected chi connectivity index (χ3v) is 3.97. The largest absolute Gasteiger partial charge is 0.464 e. The fourth-order valence-corrected chi connectivity index (χ4v) is 2.49. The third-order valence-electron chi connectivity index (χ3n) is 3.97. The highest BCUT2D eigenvalue weighted by Crippen LogP contribution is 2.11. The number of anilines is 1. The molecule has 3 N–H and O–H groups in total. The Kier molecular flexibility index (Phi) is 8.02. The average molecular weight is 384 g/mol. The lowest BCUT2D eigenvalue weighted by Crippen LogP contribution is -2.42. The van der Waals surface area contributed by atoms with E-state index in [4.69, 9.17) is 15.2 Å². The van der Waals surface area contributed by atoms with Gasteiger partial charge in [0.05, 0.1) is 6.61 Å². The molecule has 1 amide bonds. The van der Waals surface area contributed by atoms with Gasteiger partial charge in [-0.1, -0.05) is 30.3 Å². The summed E-state index contributed by atoms with van der Waals surface area (Å²) < 4.78 is 10.1. The molecule has 2 aromatic carbocycles. The fraction of sp³-hybridized carbons (Fsp3) is 0.286. The van der Waals surface area contributed by atoms with E-state index < -0.39 is 18.1 Å². The number of rotatable bonds is 9. The zero-order valence-corrected chi connectivity index (χ0v) is 15.7. The van der Waals surface area contributed by atoms with E-state index in [9.17, 15) is 14.4 Å². The molecule has 0 saturated heterocycles. The van der Waals surface area contributed by atoms with Gasteiger partial charge in [0.25, 0.3) is 0 Å². The Morgan fingerprint density at radius 3 is 2.32 bits per heavy atom. The van der Waals surface area contributed by atoms with Crippen LogP contribution in [-0.2, 0) is 20.9 Å². The van der Waals surface area contributed by atoms with Crippen molar-refractivity contribution in [1.82, 2.24) is 5.32 Å². The summed E-state index contributed by atoms with van der Waals surface area (Å²) >= 11 is 0. The Hall–Kier alpha value is -3.35. The Labute approximate surface area is 163 Å². The summed E-state index contributed by atoms with van der Waals surface area (Å²) in [5, 5.41) is 2.48. The molecule has 0 aliphatic heterocycles. The van der Waals surface area contributed by atoms with Crippen molar-refractivity contribution in [2.45, 2.75) is 32.4 Å². The number of esters is 1. The number of nitrogens with one attached hydrogen (secondary N) is 1. The normalized spacial score (nSPS) is 11.3. The second-order valence-electron chi connectivity index (χ2n) is 6.09. The average Bonchev–Trinajstić information content (AvgIpc) is 2.70. The fourth-order valence-electron chi connectivity index (χ4n) is 2.49. The van der Waals surface area contributed by atoms with Crippen molar-refractivity contribution >= 4 is 23.5 Å². The summed E-state index contributed by atoms with van der Waals surface area (Å²) in [4.78, 5) is 36.5. The molecular weight excluding hydrogens is 360 g/mol. The number of hydrogen-bond donors (Lipinski definition) is 2. The number of carbonyl (C=O) groups is 3. The van der Waals surface area contributed by atoms with Gasteiger partial charge in [0.1, 0.15) is 12.6 Å². The summed E-state index contributed by atoms with van der Waals surface area (Å²) in [5.74, 6) is -0.766. The molecule has 0 radical (unpaired) electrons. The maximum atomic E-state index is 12.3. The van der Waals surface area contributed by atoms with Crippen LogP contribution in [-0.4, -0.2) is 30.5 Å². The van der Waals surface area contributed by atoms with Crippen molar-refractivity contribution in [3.8, 4) is 0 Å². The number of ketones is 1. The molecule has 0 fully saturated rings. The Morgan fingerprint density at radius 2 is 1.68 bits per heavy atom. The maximum absolute atomic E-state index is 12.3. The van der Waals surface area contributed by atoms with Crippen molar-refractivity contribution in [2.24, 2.45) is 0 Å². The smallest absolute Gasteiger partial charge is 0.408 e. The van der Waals surface area contributed by atoms with Crippen molar-refractivity contribution in [1.29, 1.82) is 0 Å². The maximum Gasteiger partial charge on any atom is 0.408 e. The number of benzene rings is 2. The van der Waals surface area contributed by atoms with Crippen molar-refractivity contribution < 1.29 is 23.9 Å². The van der Waals surface area contributed by atoms with Gasteiger partial charge in [-0.25, -0.2) is 9.59 Å². The lowest BCUT2D eigenvalue weighted by molar-refractivity contribution is -0.145. The van der Waals surface area contributed by atoms with Gasteiger partial charge in [0.2, 0.25) is 0 Å².